The van der Waals surface area contributed by atoms with Crippen LogP contribution in [0.15, 0.2) is 42.7 Å². The molecular formula is C13H11FN2O2. The van der Waals surface area contributed by atoms with Gasteiger partial charge in [0.25, 0.3) is 0 Å². The van der Waals surface area contributed by atoms with E-state index in [1.807, 2.05) is 0 Å². The topological polar surface area (TPSA) is 65.2 Å². The van der Waals surface area contributed by atoms with Crippen molar-refractivity contribution in [3.8, 4) is 0 Å². The minimum Gasteiger partial charge on any atom is -0.457 e. The highest BCUT2D eigenvalue weighted by Crippen LogP contribution is 2.09. The van der Waals surface area contributed by atoms with E-state index in [0.29, 0.717) is 16.8 Å². The molecule has 0 atom stereocenters. The van der Waals surface area contributed by atoms with Gasteiger partial charge in [0, 0.05) is 17.4 Å². The Labute approximate surface area is 103 Å². The standard InChI is InChI=1S/C13H11FN2O2/c14-11-5-9(6-16-7-11)8-18-13(17)10-1-3-12(15)4-2-10/h1-7H,8,15H2. The number of hydrogen-bond acceptors (Lipinski definition) is 4. The number of pyridine rings is 1. The normalized spacial score (nSPS) is 10.1. The minimum absolute atomic E-state index is 0.0199. The third-order valence-corrected chi connectivity index (χ3v) is 2.28. The van der Waals surface area contributed by atoms with Crippen LogP contribution in [0.5, 0.6) is 0 Å². The monoisotopic (exact) mass is 246 g/mol. The van der Waals surface area contributed by atoms with E-state index in [0.717, 1.165) is 6.20 Å². The molecule has 1 aromatic heterocycles. The smallest absolute Gasteiger partial charge is 0.338 e. The summed E-state index contributed by atoms with van der Waals surface area (Å²) in [6, 6.07) is 7.63. The summed E-state index contributed by atoms with van der Waals surface area (Å²) in [6.45, 7) is -0.0199. The summed E-state index contributed by atoms with van der Waals surface area (Å²) in [7, 11) is 0. The fraction of sp³-hybridized carbons (Fsp3) is 0.0769. The minimum atomic E-state index is -0.487. The number of aromatic nitrogens is 1. The predicted octanol–water partition coefficient (Wildman–Crippen LogP) is 2.16. The third kappa shape index (κ3) is 3.04. The van der Waals surface area contributed by atoms with Gasteiger partial charge in [0.2, 0.25) is 0 Å². The molecule has 0 fully saturated rings. The molecule has 0 unspecified atom stereocenters. The summed E-state index contributed by atoms with van der Waals surface area (Å²) < 4.78 is 17.9. The van der Waals surface area contributed by atoms with Crippen molar-refractivity contribution < 1.29 is 13.9 Å². The van der Waals surface area contributed by atoms with Gasteiger partial charge < -0.3 is 10.5 Å². The SMILES string of the molecule is Nc1ccc(C(=O)OCc2cncc(F)c2)cc1. The fourth-order valence-electron chi connectivity index (χ4n) is 1.39. The summed E-state index contributed by atoms with van der Waals surface area (Å²) in [6.07, 6.45) is 2.53. The Morgan fingerprint density at radius 2 is 2.00 bits per heavy atom. The lowest BCUT2D eigenvalue weighted by Gasteiger charge is -2.05. The van der Waals surface area contributed by atoms with Gasteiger partial charge in [-0.1, -0.05) is 0 Å². The average molecular weight is 246 g/mol. The van der Waals surface area contributed by atoms with Gasteiger partial charge in [-0.3, -0.25) is 4.98 Å². The Hall–Kier alpha value is -2.43. The van der Waals surface area contributed by atoms with E-state index in [1.54, 1.807) is 24.3 Å². The number of anilines is 1. The quantitative estimate of drug-likeness (QED) is 0.665. The maximum absolute atomic E-state index is 12.8. The van der Waals surface area contributed by atoms with Gasteiger partial charge >= 0.3 is 5.97 Å². The Bertz CT molecular complexity index is 555. The third-order valence-electron chi connectivity index (χ3n) is 2.28. The molecule has 2 rings (SSSR count). The molecule has 5 heteroatoms. The van der Waals surface area contributed by atoms with Crippen LogP contribution < -0.4 is 5.73 Å². The molecule has 4 nitrogen and oxygen atoms in total. The molecule has 0 bridgehead atoms. The summed E-state index contributed by atoms with van der Waals surface area (Å²) in [5, 5.41) is 0. The van der Waals surface area contributed by atoms with E-state index >= 15 is 0 Å². The molecule has 0 aliphatic rings. The molecule has 0 saturated heterocycles. The number of nitrogens with zero attached hydrogens (tertiary/aromatic N) is 1. The second-order valence-electron chi connectivity index (χ2n) is 3.71. The van der Waals surface area contributed by atoms with Crippen LogP contribution in [0.25, 0.3) is 0 Å². The van der Waals surface area contributed by atoms with Gasteiger partial charge in [-0.25, -0.2) is 9.18 Å². The molecule has 0 amide bonds. The van der Waals surface area contributed by atoms with E-state index in [2.05, 4.69) is 4.98 Å². The summed E-state index contributed by atoms with van der Waals surface area (Å²) in [5.74, 6) is -0.949. The van der Waals surface area contributed by atoms with Gasteiger partial charge in [-0.15, -0.1) is 0 Å². The molecule has 92 valence electrons. The molecule has 0 aliphatic heterocycles. The van der Waals surface area contributed by atoms with E-state index in [9.17, 15) is 9.18 Å². The number of esters is 1. The van der Waals surface area contributed by atoms with Gasteiger partial charge in [0.15, 0.2) is 0 Å². The Morgan fingerprint density at radius 3 is 2.67 bits per heavy atom. The molecule has 0 radical (unpaired) electrons. The summed E-state index contributed by atoms with van der Waals surface area (Å²) in [5.41, 5.74) is 6.97. The van der Waals surface area contributed by atoms with Gasteiger partial charge in [-0.05, 0) is 30.3 Å². The number of ether oxygens (including phenoxy) is 1. The maximum Gasteiger partial charge on any atom is 0.338 e. The second-order valence-corrected chi connectivity index (χ2v) is 3.71. The summed E-state index contributed by atoms with van der Waals surface area (Å²) in [4.78, 5) is 15.3. The first kappa shape index (κ1) is 12.0. The lowest BCUT2D eigenvalue weighted by molar-refractivity contribution is 0.0472. The number of halogens is 1. The van der Waals surface area contributed by atoms with Crippen LogP contribution in [0.3, 0.4) is 0 Å². The first-order valence-corrected chi connectivity index (χ1v) is 5.27. The maximum atomic E-state index is 12.8. The lowest BCUT2D eigenvalue weighted by Crippen LogP contribution is -2.05. The molecule has 0 spiro atoms. The van der Waals surface area contributed by atoms with E-state index < -0.39 is 11.8 Å². The van der Waals surface area contributed by atoms with Crippen molar-refractivity contribution in [3.63, 3.8) is 0 Å². The lowest BCUT2D eigenvalue weighted by atomic mass is 10.2. The number of nitrogens with two attached hydrogens (primary N) is 1. The molecule has 18 heavy (non-hydrogen) atoms. The molecule has 0 aliphatic carbocycles. The zero-order valence-corrected chi connectivity index (χ0v) is 9.47. The molecular weight excluding hydrogens is 235 g/mol. The van der Waals surface area contributed by atoms with Crippen molar-refractivity contribution in [1.82, 2.24) is 4.98 Å². The van der Waals surface area contributed by atoms with Crippen molar-refractivity contribution in [2.75, 3.05) is 5.73 Å². The van der Waals surface area contributed by atoms with Gasteiger partial charge in [0.05, 0.1) is 11.8 Å². The first-order chi connectivity index (χ1) is 8.65. The number of benzene rings is 1. The van der Waals surface area contributed by atoms with E-state index in [4.69, 9.17) is 10.5 Å². The Morgan fingerprint density at radius 1 is 1.28 bits per heavy atom. The number of nitrogen functional groups attached to an aromatic ring is 1. The zero-order valence-electron chi connectivity index (χ0n) is 9.47. The largest absolute Gasteiger partial charge is 0.457 e. The van der Waals surface area contributed by atoms with Crippen molar-refractivity contribution in [2.45, 2.75) is 6.61 Å². The van der Waals surface area contributed by atoms with Crippen LogP contribution in [0.4, 0.5) is 10.1 Å². The van der Waals surface area contributed by atoms with Crippen molar-refractivity contribution >= 4 is 11.7 Å². The Kier molecular flexibility index (Phi) is 3.52. The second kappa shape index (κ2) is 5.27. The van der Waals surface area contributed by atoms with Crippen LogP contribution in [-0.2, 0) is 11.3 Å². The average Bonchev–Trinajstić information content (AvgIpc) is 2.37. The number of carbonyl (C=O) groups excluding carboxylic acids is 1. The number of rotatable bonds is 3. The zero-order chi connectivity index (χ0) is 13.0. The van der Waals surface area contributed by atoms with Crippen molar-refractivity contribution in [1.29, 1.82) is 0 Å². The molecule has 0 saturated carbocycles. The molecule has 1 heterocycles. The van der Waals surface area contributed by atoms with Gasteiger partial charge in [-0.2, -0.15) is 0 Å². The van der Waals surface area contributed by atoms with Gasteiger partial charge in [0.1, 0.15) is 12.4 Å². The fourth-order valence-corrected chi connectivity index (χ4v) is 1.39. The van der Waals surface area contributed by atoms with Crippen LogP contribution >= 0.6 is 0 Å². The van der Waals surface area contributed by atoms with Crippen LogP contribution in [-0.4, -0.2) is 11.0 Å². The van der Waals surface area contributed by atoms with Crippen LogP contribution in [0.2, 0.25) is 0 Å². The molecule has 1 aromatic carbocycles. The number of hydrogen-bond donors (Lipinski definition) is 1. The van der Waals surface area contributed by atoms with Crippen molar-refractivity contribution in [2.24, 2.45) is 0 Å². The van der Waals surface area contributed by atoms with Crippen LogP contribution in [0, 0.1) is 5.82 Å². The highest BCUT2D eigenvalue weighted by molar-refractivity contribution is 5.89. The van der Waals surface area contributed by atoms with Crippen molar-refractivity contribution in [3.05, 3.63) is 59.7 Å². The molecule has 2 N–H and O–H groups in total. The van der Waals surface area contributed by atoms with E-state index in [-0.39, 0.29) is 6.61 Å². The first-order valence-electron chi connectivity index (χ1n) is 5.27. The highest BCUT2D eigenvalue weighted by atomic mass is 19.1. The molecule has 2 aromatic rings. The van der Waals surface area contributed by atoms with E-state index in [1.165, 1.54) is 12.3 Å². The predicted molar refractivity (Wildman–Crippen MR) is 64.2 cm³/mol. The van der Waals surface area contributed by atoms with Crippen LogP contribution in [0.1, 0.15) is 15.9 Å². The Balaban J connectivity index is 1.98. The summed E-state index contributed by atoms with van der Waals surface area (Å²) >= 11 is 0. The number of carbonyl (C=O) groups is 1. The highest BCUT2D eigenvalue weighted by Gasteiger charge is 2.07.